The van der Waals surface area contributed by atoms with Crippen molar-refractivity contribution in [3.05, 3.63) is 23.8 Å². The molecule has 0 unspecified atom stereocenters. The first-order valence-corrected chi connectivity index (χ1v) is 10.1. The highest BCUT2D eigenvalue weighted by Gasteiger charge is 2.80. The molecule has 0 aromatic carbocycles. The number of ether oxygens (including phenoxy) is 1. The Morgan fingerprint density at radius 3 is 2.64 bits per heavy atom. The average molecular weight is 388 g/mol. The van der Waals surface area contributed by atoms with E-state index in [0.717, 1.165) is 0 Å². The molecule has 0 aromatic rings. The van der Waals surface area contributed by atoms with E-state index in [9.17, 15) is 19.5 Å². The van der Waals surface area contributed by atoms with Crippen molar-refractivity contribution in [2.45, 2.75) is 57.9 Å². The molecular formula is C22H25FO5. The molecule has 5 nitrogen and oxygen atoms in total. The molecule has 1 heterocycles. The van der Waals surface area contributed by atoms with Crippen LogP contribution in [0.3, 0.4) is 0 Å². The van der Waals surface area contributed by atoms with Crippen LogP contribution in [0.4, 0.5) is 4.39 Å². The van der Waals surface area contributed by atoms with Gasteiger partial charge in [0.05, 0.1) is 6.10 Å². The monoisotopic (exact) mass is 388 g/mol. The summed E-state index contributed by atoms with van der Waals surface area (Å²) in [5.74, 6) is -3.00. The molecule has 3 saturated carbocycles. The lowest BCUT2D eigenvalue weighted by Gasteiger charge is -2.55. The van der Waals surface area contributed by atoms with Gasteiger partial charge in [0, 0.05) is 11.3 Å². The van der Waals surface area contributed by atoms with E-state index in [1.165, 1.54) is 12.2 Å². The molecule has 1 spiro atoms. The van der Waals surface area contributed by atoms with Gasteiger partial charge in [0.2, 0.25) is 5.78 Å². The fourth-order valence-corrected chi connectivity index (χ4v) is 7.70. The Balaban J connectivity index is 1.59. The van der Waals surface area contributed by atoms with Crippen LogP contribution in [0.15, 0.2) is 23.8 Å². The first kappa shape index (κ1) is 18.2. The molecular weight excluding hydrogens is 363 g/mol. The van der Waals surface area contributed by atoms with E-state index in [4.69, 9.17) is 4.74 Å². The van der Waals surface area contributed by atoms with Crippen molar-refractivity contribution in [1.82, 2.24) is 0 Å². The molecule has 0 amide bonds. The van der Waals surface area contributed by atoms with E-state index in [0.29, 0.717) is 18.4 Å². The largest absolute Gasteiger partial charge is 0.475 e. The van der Waals surface area contributed by atoms with Gasteiger partial charge in [-0.15, -0.1) is 0 Å². The minimum Gasteiger partial charge on any atom is -0.475 e. The van der Waals surface area contributed by atoms with Gasteiger partial charge < -0.3 is 9.84 Å². The predicted molar refractivity (Wildman–Crippen MR) is 97.1 cm³/mol. The lowest BCUT2D eigenvalue weighted by atomic mass is 9.47. The summed E-state index contributed by atoms with van der Waals surface area (Å²) in [6.07, 6.45) is 4.93. The molecule has 9 atom stereocenters. The number of Topliss-reactive ketones (excluding diaryl/α,β-unsaturated/α-hetero) is 1. The number of aliphatic carboxylic acids is 1. The molecule has 4 aliphatic carbocycles. The van der Waals surface area contributed by atoms with E-state index < -0.39 is 40.3 Å². The molecule has 6 heteroatoms. The molecule has 1 saturated heterocycles. The van der Waals surface area contributed by atoms with E-state index in [2.05, 4.69) is 0 Å². The summed E-state index contributed by atoms with van der Waals surface area (Å²) in [6.45, 7) is 5.90. The van der Waals surface area contributed by atoms with Crippen molar-refractivity contribution in [3.63, 3.8) is 0 Å². The van der Waals surface area contributed by atoms with Crippen LogP contribution in [0.1, 0.15) is 40.0 Å². The number of allylic oxidation sites excluding steroid dienone is 2. The Morgan fingerprint density at radius 1 is 1.25 bits per heavy atom. The van der Waals surface area contributed by atoms with Gasteiger partial charge in [-0.2, -0.15) is 0 Å². The maximum atomic E-state index is 15.3. The number of epoxide rings is 1. The minimum absolute atomic E-state index is 0.0252. The average Bonchev–Trinajstić information content (AvgIpc) is 3.27. The second-order valence-corrected chi connectivity index (χ2v) is 9.92. The third-order valence-corrected chi connectivity index (χ3v) is 8.75. The predicted octanol–water partition coefficient (Wildman–Crippen LogP) is 2.89. The number of hydrogen-bond acceptors (Lipinski definition) is 4. The van der Waals surface area contributed by atoms with Crippen LogP contribution < -0.4 is 0 Å². The van der Waals surface area contributed by atoms with Gasteiger partial charge in [-0.1, -0.05) is 19.9 Å². The summed E-state index contributed by atoms with van der Waals surface area (Å²) in [7, 11) is 0. The number of carbonyl (C=O) groups excluding carboxylic acids is 2. The Hall–Kier alpha value is -1.82. The number of halogens is 1. The number of ketones is 2. The standard InChI is InChI=1S/C22H25FO5/c1-10-6-12-13-8-15(23)14-7-11(24)4-5-21(14,3)22(13)16(28-22)9-20(12,2)17(10)18(25)19(26)27/h4-5,7,10,12-13,15-17H,6,8-9H2,1-3H3,(H,26,27)/t10-,12+,13+,15+,16+,17-,20+,21+,22+/m1/s1. The summed E-state index contributed by atoms with van der Waals surface area (Å²) in [4.78, 5) is 35.8. The fourth-order valence-electron chi connectivity index (χ4n) is 7.70. The van der Waals surface area contributed by atoms with Gasteiger partial charge in [-0.05, 0) is 67.1 Å². The maximum Gasteiger partial charge on any atom is 0.372 e. The SMILES string of the molecule is C[C@@H]1C[C@H]2[C@@H]3C[C@H](F)C4=CC(=O)C=C[C@]4(C)[C@]34O[C@H]4C[C@]2(C)[C@H]1C(=O)C(=O)O. The summed E-state index contributed by atoms with van der Waals surface area (Å²) >= 11 is 0. The van der Waals surface area contributed by atoms with Crippen LogP contribution in [0, 0.1) is 34.5 Å². The molecule has 150 valence electrons. The minimum atomic E-state index is -1.38. The first-order chi connectivity index (χ1) is 13.1. The van der Waals surface area contributed by atoms with E-state index in [-0.39, 0.29) is 36.1 Å². The fraction of sp³-hybridized carbons (Fsp3) is 0.682. The smallest absolute Gasteiger partial charge is 0.372 e. The van der Waals surface area contributed by atoms with E-state index >= 15 is 4.39 Å². The molecule has 1 aliphatic heterocycles. The quantitative estimate of drug-likeness (QED) is 0.581. The third kappa shape index (κ3) is 1.88. The summed E-state index contributed by atoms with van der Waals surface area (Å²) < 4.78 is 21.6. The van der Waals surface area contributed by atoms with Gasteiger partial charge in [0.25, 0.3) is 0 Å². The second kappa shape index (κ2) is 5.21. The second-order valence-electron chi connectivity index (χ2n) is 9.92. The summed E-state index contributed by atoms with van der Waals surface area (Å²) in [6, 6.07) is 0. The van der Waals surface area contributed by atoms with Gasteiger partial charge in [-0.3, -0.25) is 9.59 Å². The number of alkyl halides is 1. The summed E-state index contributed by atoms with van der Waals surface area (Å²) in [5.41, 5.74) is -1.22. The number of carbonyl (C=O) groups is 3. The zero-order valence-corrected chi connectivity index (χ0v) is 16.3. The highest BCUT2D eigenvalue weighted by atomic mass is 19.1. The van der Waals surface area contributed by atoms with Crippen LogP contribution in [-0.4, -0.2) is 40.5 Å². The summed E-state index contributed by atoms with van der Waals surface area (Å²) in [5, 5.41) is 9.35. The van der Waals surface area contributed by atoms with Crippen LogP contribution in [0.2, 0.25) is 0 Å². The van der Waals surface area contributed by atoms with Crippen LogP contribution in [0.5, 0.6) is 0 Å². The van der Waals surface area contributed by atoms with Crippen molar-refractivity contribution in [2.24, 2.45) is 34.5 Å². The van der Waals surface area contributed by atoms with Crippen molar-refractivity contribution in [2.75, 3.05) is 0 Å². The van der Waals surface area contributed by atoms with Gasteiger partial charge in [-0.25, -0.2) is 9.18 Å². The first-order valence-electron chi connectivity index (χ1n) is 10.1. The Kier molecular flexibility index (Phi) is 3.39. The van der Waals surface area contributed by atoms with Gasteiger partial charge in [0.15, 0.2) is 5.78 Å². The molecule has 0 radical (unpaired) electrons. The van der Waals surface area contributed by atoms with Crippen molar-refractivity contribution >= 4 is 17.5 Å². The van der Waals surface area contributed by atoms with Crippen LogP contribution in [-0.2, 0) is 19.1 Å². The molecule has 1 N–H and O–H groups in total. The van der Waals surface area contributed by atoms with Gasteiger partial charge >= 0.3 is 5.97 Å². The molecule has 0 bridgehead atoms. The molecule has 4 fully saturated rings. The van der Waals surface area contributed by atoms with Crippen molar-refractivity contribution in [3.8, 4) is 0 Å². The lowest BCUT2D eigenvalue weighted by molar-refractivity contribution is -0.154. The number of hydrogen-bond donors (Lipinski definition) is 1. The zero-order chi connectivity index (χ0) is 20.2. The highest BCUT2D eigenvalue weighted by molar-refractivity contribution is 6.33. The molecule has 0 aromatic heterocycles. The molecule has 5 aliphatic rings. The number of fused-ring (bicyclic) bond motifs is 3. The molecule has 5 rings (SSSR count). The van der Waals surface area contributed by atoms with Crippen LogP contribution in [0.25, 0.3) is 0 Å². The van der Waals surface area contributed by atoms with Gasteiger partial charge in [0.1, 0.15) is 11.8 Å². The normalized spacial score (nSPS) is 53.4. The number of rotatable bonds is 2. The Labute approximate surface area is 163 Å². The maximum absolute atomic E-state index is 15.3. The zero-order valence-electron chi connectivity index (χ0n) is 16.3. The Bertz CT molecular complexity index is 876. The Morgan fingerprint density at radius 2 is 1.96 bits per heavy atom. The third-order valence-electron chi connectivity index (χ3n) is 8.75. The number of carboxylic acids is 1. The van der Waals surface area contributed by atoms with Crippen molar-refractivity contribution in [1.29, 1.82) is 0 Å². The number of carboxylic acid groups (broad SMARTS) is 1. The molecule has 28 heavy (non-hydrogen) atoms. The van der Waals surface area contributed by atoms with Crippen LogP contribution >= 0.6 is 0 Å². The highest BCUT2D eigenvalue weighted by Crippen LogP contribution is 2.76. The topological polar surface area (TPSA) is 84.0 Å². The van der Waals surface area contributed by atoms with E-state index in [1.54, 1.807) is 0 Å². The van der Waals surface area contributed by atoms with Crippen molar-refractivity contribution < 1.29 is 28.6 Å². The van der Waals surface area contributed by atoms with E-state index in [1.807, 2.05) is 26.8 Å². The lowest BCUT2D eigenvalue weighted by Crippen LogP contribution is -2.59.